The zero-order chi connectivity index (χ0) is 12.4. The van der Waals surface area contributed by atoms with Gasteiger partial charge in [0.1, 0.15) is 5.75 Å². The van der Waals surface area contributed by atoms with Gasteiger partial charge in [0.25, 0.3) is 0 Å². The van der Waals surface area contributed by atoms with Gasteiger partial charge in [-0.15, -0.1) is 0 Å². The van der Waals surface area contributed by atoms with Crippen LogP contribution in [0.2, 0.25) is 0 Å². The highest BCUT2D eigenvalue weighted by molar-refractivity contribution is 5.92. The predicted octanol–water partition coefficient (Wildman–Crippen LogP) is 3.19. The van der Waals surface area contributed by atoms with Crippen LogP contribution in [-0.4, -0.2) is 18.6 Å². The van der Waals surface area contributed by atoms with E-state index in [0.717, 1.165) is 22.3 Å². The predicted molar refractivity (Wildman–Crippen MR) is 62.7 cm³/mol. The Kier molecular flexibility index (Phi) is 3.08. The van der Waals surface area contributed by atoms with E-state index in [1.165, 1.54) is 6.07 Å². The molecule has 0 aliphatic rings. The van der Waals surface area contributed by atoms with Gasteiger partial charge in [0, 0.05) is 23.8 Å². The molecule has 0 bridgehead atoms. The molecule has 0 amide bonds. The van der Waals surface area contributed by atoms with E-state index in [1.54, 1.807) is 19.2 Å². The summed E-state index contributed by atoms with van der Waals surface area (Å²) in [7, 11) is 1.77. The fourth-order valence-electron chi connectivity index (χ4n) is 1.72. The average Bonchev–Trinajstić information content (AvgIpc) is 2.27. The molecule has 2 aromatic rings. The van der Waals surface area contributed by atoms with Gasteiger partial charge >= 0.3 is 6.61 Å². The lowest BCUT2D eigenvalue weighted by atomic mass is 10.1. The first-order valence-corrected chi connectivity index (χ1v) is 5.14. The van der Waals surface area contributed by atoms with E-state index >= 15 is 0 Å². The van der Waals surface area contributed by atoms with Crippen LogP contribution >= 0.6 is 0 Å². The van der Waals surface area contributed by atoms with E-state index < -0.39 is 6.61 Å². The topological polar surface area (TPSA) is 34.2 Å². The minimum Gasteiger partial charge on any atom is -0.435 e. The number of nitrogens with one attached hydrogen (secondary N) is 1. The number of aryl methyl sites for hydroxylation is 1. The molecule has 2 rings (SSSR count). The largest absolute Gasteiger partial charge is 0.435 e. The molecule has 0 radical (unpaired) electrons. The lowest BCUT2D eigenvalue weighted by Gasteiger charge is -2.09. The number of ether oxygens (including phenoxy) is 1. The van der Waals surface area contributed by atoms with Gasteiger partial charge in [0.15, 0.2) is 0 Å². The normalized spacial score (nSPS) is 10.9. The Morgan fingerprint density at radius 3 is 2.71 bits per heavy atom. The first-order chi connectivity index (χ1) is 8.10. The lowest BCUT2D eigenvalue weighted by molar-refractivity contribution is -0.0497. The summed E-state index contributed by atoms with van der Waals surface area (Å²) in [4.78, 5) is 4.32. The third kappa shape index (κ3) is 2.43. The maximum atomic E-state index is 12.1. The molecule has 0 aliphatic carbocycles. The summed E-state index contributed by atoms with van der Waals surface area (Å²) >= 11 is 0. The van der Waals surface area contributed by atoms with Crippen LogP contribution in [0.25, 0.3) is 10.9 Å². The van der Waals surface area contributed by atoms with Crippen molar-refractivity contribution in [2.24, 2.45) is 0 Å². The zero-order valence-electron chi connectivity index (χ0n) is 9.50. The second-order valence-corrected chi connectivity index (χ2v) is 3.62. The molecule has 17 heavy (non-hydrogen) atoms. The van der Waals surface area contributed by atoms with Crippen LogP contribution in [0.15, 0.2) is 24.3 Å². The van der Waals surface area contributed by atoms with Crippen molar-refractivity contribution >= 4 is 16.6 Å². The molecule has 0 aliphatic heterocycles. The molecule has 0 atom stereocenters. The number of anilines is 1. The molecule has 0 fully saturated rings. The van der Waals surface area contributed by atoms with Crippen LogP contribution in [0.5, 0.6) is 5.75 Å². The molecule has 1 aromatic carbocycles. The van der Waals surface area contributed by atoms with E-state index in [2.05, 4.69) is 15.0 Å². The maximum Gasteiger partial charge on any atom is 0.387 e. The van der Waals surface area contributed by atoms with Crippen molar-refractivity contribution in [1.29, 1.82) is 0 Å². The summed E-state index contributed by atoms with van der Waals surface area (Å²) in [5.74, 6) is 0.134. The second-order valence-electron chi connectivity index (χ2n) is 3.62. The SMILES string of the molecule is CNc1cc(C)nc2ccc(OC(F)F)cc12. The van der Waals surface area contributed by atoms with Gasteiger partial charge in [-0.25, -0.2) is 0 Å². The monoisotopic (exact) mass is 238 g/mol. The Labute approximate surface area is 97.4 Å². The van der Waals surface area contributed by atoms with Crippen LogP contribution in [0.4, 0.5) is 14.5 Å². The number of pyridine rings is 1. The highest BCUT2D eigenvalue weighted by atomic mass is 19.3. The average molecular weight is 238 g/mol. The van der Waals surface area contributed by atoms with E-state index in [1.807, 2.05) is 13.0 Å². The highest BCUT2D eigenvalue weighted by Gasteiger charge is 2.08. The molecule has 0 spiro atoms. The molecule has 0 unspecified atom stereocenters. The van der Waals surface area contributed by atoms with E-state index in [0.29, 0.717) is 0 Å². The van der Waals surface area contributed by atoms with Gasteiger partial charge in [-0.1, -0.05) is 0 Å². The molecule has 5 heteroatoms. The smallest absolute Gasteiger partial charge is 0.387 e. The zero-order valence-corrected chi connectivity index (χ0v) is 9.50. The minimum atomic E-state index is -2.82. The number of alkyl halides is 2. The van der Waals surface area contributed by atoms with Crippen LogP contribution in [0.1, 0.15) is 5.69 Å². The quantitative estimate of drug-likeness (QED) is 0.891. The summed E-state index contributed by atoms with van der Waals surface area (Å²) in [6.07, 6.45) is 0. The summed E-state index contributed by atoms with van der Waals surface area (Å²) < 4.78 is 28.6. The summed E-state index contributed by atoms with van der Waals surface area (Å²) in [6, 6.07) is 6.56. The van der Waals surface area contributed by atoms with Crippen LogP contribution in [0, 0.1) is 6.92 Å². The van der Waals surface area contributed by atoms with Gasteiger partial charge in [0.2, 0.25) is 0 Å². The lowest BCUT2D eigenvalue weighted by Crippen LogP contribution is -2.02. The first kappa shape index (κ1) is 11.6. The molecule has 1 aromatic heterocycles. The number of fused-ring (bicyclic) bond motifs is 1. The number of benzene rings is 1. The van der Waals surface area contributed by atoms with Gasteiger partial charge in [-0.05, 0) is 31.2 Å². The third-order valence-corrected chi connectivity index (χ3v) is 2.40. The molecular formula is C12H12F2N2O. The van der Waals surface area contributed by atoms with Crippen molar-refractivity contribution in [2.75, 3.05) is 12.4 Å². The highest BCUT2D eigenvalue weighted by Crippen LogP contribution is 2.27. The molecule has 90 valence electrons. The van der Waals surface area contributed by atoms with Crippen LogP contribution in [0.3, 0.4) is 0 Å². The van der Waals surface area contributed by atoms with Crippen LogP contribution in [-0.2, 0) is 0 Å². The molecule has 1 N–H and O–H groups in total. The van der Waals surface area contributed by atoms with Gasteiger partial charge in [0.05, 0.1) is 5.52 Å². The standard InChI is InChI=1S/C12H12F2N2O/c1-7-5-11(15-2)9-6-8(17-12(13)14)3-4-10(9)16-7/h3-6,12H,1-2H3,(H,15,16). The van der Waals surface area contributed by atoms with E-state index in [4.69, 9.17) is 0 Å². The van der Waals surface area contributed by atoms with Gasteiger partial charge in [-0.3, -0.25) is 4.98 Å². The van der Waals surface area contributed by atoms with E-state index in [-0.39, 0.29) is 5.75 Å². The number of nitrogens with zero attached hydrogens (tertiary/aromatic N) is 1. The van der Waals surface area contributed by atoms with Crippen LogP contribution < -0.4 is 10.1 Å². The number of hydrogen-bond acceptors (Lipinski definition) is 3. The van der Waals surface area contributed by atoms with E-state index in [9.17, 15) is 8.78 Å². The number of aromatic nitrogens is 1. The first-order valence-electron chi connectivity index (χ1n) is 5.14. The van der Waals surface area contributed by atoms with Crippen molar-refractivity contribution in [1.82, 2.24) is 4.98 Å². The van der Waals surface area contributed by atoms with Crippen molar-refractivity contribution in [2.45, 2.75) is 13.5 Å². The van der Waals surface area contributed by atoms with Gasteiger partial charge < -0.3 is 10.1 Å². The Hall–Kier alpha value is -1.91. The Balaban J connectivity index is 2.55. The molecular weight excluding hydrogens is 226 g/mol. The van der Waals surface area contributed by atoms with Gasteiger partial charge in [-0.2, -0.15) is 8.78 Å². The van der Waals surface area contributed by atoms with Crippen molar-refractivity contribution in [3.8, 4) is 5.75 Å². The fourth-order valence-corrected chi connectivity index (χ4v) is 1.72. The molecule has 0 saturated heterocycles. The van der Waals surface area contributed by atoms with Crippen molar-refractivity contribution in [3.05, 3.63) is 30.0 Å². The molecule has 3 nitrogen and oxygen atoms in total. The number of rotatable bonds is 3. The van der Waals surface area contributed by atoms with Crippen molar-refractivity contribution in [3.63, 3.8) is 0 Å². The minimum absolute atomic E-state index is 0.134. The molecule has 0 saturated carbocycles. The Morgan fingerprint density at radius 1 is 1.29 bits per heavy atom. The molecule has 1 heterocycles. The summed E-state index contributed by atoms with van der Waals surface area (Å²) in [5.41, 5.74) is 2.45. The maximum absolute atomic E-state index is 12.1. The number of hydrogen-bond donors (Lipinski definition) is 1. The number of halogens is 2. The fraction of sp³-hybridized carbons (Fsp3) is 0.250. The second kappa shape index (κ2) is 4.53. The van der Waals surface area contributed by atoms with Crippen molar-refractivity contribution < 1.29 is 13.5 Å². The summed E-state index contributed by atoms with van der Waals surface area (Å²) in [5, 5.41) is 3.77. The Bertz CT molecular complexity index is 543. The Morgan fingerprint density at radius 2 is 2.06 bits per heavy atom. The third-order valence-electron chi connectivity index (χ3n) is 2.40. The summed E-state index contributed by atoms with van der Waals surface area (Å²) in [6.45, 7) is -0.937.